The molecular formula is C19H24N4O6. The molecule has 1 heterocycles. The Labute approximate surface area is 168 Å². The molecule has 156 valence electrons. The topological polar surface area (TPSA) is 131 Å². The number of esters is 1. The van der Waals surface area contributed by atoms with E-state index in [0.29, 0.717) is 24.7 Å². The van der Waals surface area contributed by atoms with Crippen LogP contribution in [0.5, 0.6) is 0 Å². The fourth-order valence-electron chi connectivity index (χ4n) is 2.91. The fraction of sp³-hybridized carbons (Fsp3) is 0.421. The summed E-state index contributed by atoms with van der Waals surface area (Å²) in [6.45, 7) is 6.47. The third kappa shape index (κ3) is 6.30. The van der Waals surface area contributed by atoms with Crippen molar-refractivity contribution in [3.63, 3.8) is 0 Å². The predicted molar refractivity (Wildman–Crippen MR) is 106 cm³/mol. The van der Waals surface area contributed by atoms with Gasteiger partial charge in [0.05, 0.1) is 16.2 Å². The molecule has 0 aliphatic carbocycles. The van der Waals surface area contributed by atoms with E-state index in [0.717, 1.165) is 18.9 Å². The number of amides is 3. The van der Waals surface area contributed by atoms with Crippen LogP contribution in [0.25, 0.3) is 0 Å². The number of nitrogens with zero attached hydrogens (tertiary/aromatic N) is 2. The summed E-state index contributed by atoms with van der Waals surface area (Å²) in [4.78, 5) is 48.2. The number of benzene rings is 1. The van der Waals surface area contributed by atoms with Crippen LogP contribution in [0.4, 0.5) is 16.2 Å². The van der Waals surface area contributed by atoms with Gasteiger partial charge in [-0.25, -0.2) is 9.59 Å². The van der Waals surface area contributed by atoms with Crippen LogP contribution in [0, 0.1) is 16.0 Å². The van der Waals surface area contributed by atoms with Crippen LogP contribution in [0.3, 0.4) is 0 Å². The van der Waals surface area contributed by atoms with E-state index >= 15 is 0 Å². The van der Waals surface area contributed by atoms with Gasteiger partial charge in [0.2, 0.25) is 0 Å². The van der Waals surface area contributed by atoms with Crippen LogP contribution in [0.15, 0.2) is 30.9 Å². The van der Waals surface area contributed by atoms with Crippen molar-refractivity contribution in [1.29, 1.82) is 0 Å². The molecule has 0 spiro atoms. The van der Waals surface area contributed by atoms with Crippen molar-refractivity contribution in [2.45, 2.75) is 19.8 Å². The smallest absolute Gasteiger partial charge is 0.341 e. The van der Waals surface area contributed by atoms with E-state index in [9.17, 15) is 24.5 Å². The van der Waals surface area contributed by atoms with Gasteiger partial charge in [0.1, 0.15) is 0 Å². The highest BCUT2D eigenvalue weighted by Gasteiger charge is 2.25. The first-order chi connectivity index (χ1) is 13.8. The van der Waals surface area contributed by atoms with Crippen molar-refractivity contribution in [3.05, 3.63) is 46.5 Å². The monoisotopic (exact) mass is 404 g/mol. The SMILES string of the molecule is C=CCNC(=O)NC(=O)COC(=O)c1cc([N+](=O)[O-])ccc1N1CCC(C)CC1. The summed E-state index contributed by atoms with van der Waals surface area (Å²) >= 11 is 0. The van der Waals surface area contributed by atoms with E-state index in [1.807, 2.05) is 10.2 Å². The Kier molecular flexibility index (Phi) is 7.70. The number of carbonyl (C=O) groups is 3. The second-order valence-electron chi connectivity index (χ2n) is 6.75. The highest BCUT2D eigenvalue weighted by atomic mass is 16.6. The molecule has 1 aromatic rings. The molecule has 2 rings (SSSR count). The lowest BCUT2D eigenvalue weighted by Gasteiger charge is -2.33. The van der Waals surface area contributed by atoms with Crippen LogP contribution in [0.2, 0.25) is 0 Å². The summed E-state index contributed by atoms with van der Waals surface area (Å²) in [5.41, 5.74) is 0.286. The average Bonchev–Trinajstić information content (AvgIpc) is 2.70. The normalized spacial score (nSPS) is 14.0. The van der Waals surface area contributed by atoms with Gasteiger partial charge < -0.3 is 15.0 Å². The molecule has 0 unspecified atom stereocenters. The highest BCUT2D eigenvalue weighted by Crippen LogP contribution is 2.29. The van der Waals surface area contributed by atoms with Gasteiger partial charge in [0.25, 0.3) is 11.6 Å². The number of hydrogen-bond donors (Lipinski definition) is 2. The first kappa shape index (κ1) is 21.9. The minimum absolute atomic E-state index is 0.0117. The van der Waals surface area contributed by atoms with Crippen LogP contribution in [-0.2, 0) is 9.53 Å². The number of nitro groups is 1. The van der Waals surface area contributed by atoms with Crippen molar-refractivity contribution in [3.8, 4) is 0 Å². The standard InChI is InChI=1S/C19H24N4O6/c1-3-8-20-19(26)21-17(24)12-29-18(25)15-11-14(23(27)28)4-5-16(15)22-9-6-13(2)7-10-22/h3-5,11,13H,1,6-10,12H2,2H3,(H2,20,21,24,26). The molecule has 10 nitrogen and oxygen atoms in total. The molecular weight excluding hydrogens is 380 g/mol. The second-order valence-corrected chi connectivity index (χ2v) is 6.75. The zero-order valence-electron chi connectivity index (χ0n) is 16.2. The molecule has 0 aromatic heterocycles. The maximum atomic E-state index is 12.5. The van der Waals surface area contributed by atoms with E-state index in [-0.39, 0.29) is 17.8 Å². The number of imide groups is 1. The van der Waals surface area contributed by atoms with Crippen LogP contribution in [-0.4, -0.2) is 49.1 Å². The molecule has 1 aliphatic rings. The highest BCUT2D eigenvalue weighted by molar-refractivity contribution is 5.99. The number of non-ortho nitro benzene ring substituents is 1. The van der Waals surface area contributed by atoms with Gasteiger partial charge in [0, 0.05) is 31.8 Å². The number of carbonyl (C=O) groups excluding carboxylic acids is 3. The van der Waals surface area contributed by atoms with Gasteiger partial charge in [-0.2, -0.15) is 0 Å². The minimum Gasteiger partial charge on any atom is -0.452 e. The zero-order chi connectivity index (χ0) is 21.4. The minimum atomic E-state index is -0.871. The second kappa shape index (κ2) is 10.2. The molecule has 29 heavy (non-hydrogen) atoms. The Morgan fingerprint density at radius 2 is 2.03 bits per heavy atom. The molecule has 0 bridgehead atoms. The molecule has 0 radical (unpaired) electrons. The maximum Gasteiger partial charge on any atom is 0.341 e. The van der Waals surface area contributed by atoms with Crippen molar-refractivity contribution < 1.29 is 24.0 Å². The van der Waals surface area contributed by atoms with Crippen molar-refractivity contribution >= 4 is 29.3 Å². The Morgan fingerprint density at radius 3 is 2.66 bits per heavy atom. The Morgan fingerprint density at radius 1 is 1.34 bits per heavy atom. The van der Waals surface area contributed by atoms with Crippen LogP contribution >= 0.6 is 0 Å². The Bertz CT molecular complexity index is 802. The van der Waals surface area contributed by atoms with Gasteiger partial charge in [-0.1, -0.05) is 13.0 Å². The number of nitrogens with one attached hydrogen (secondary N) is 2. The zero-order valence-corrected chi connectivity index (χ0v) is 16.2. The van der Waals surface area contributed by atoms with E-state index in [2.05, 4.69) is 18.8 Å². The summed E-state index contributed by atoms with van der Waals surface area (Å²) in [6.07, 6.45) is 3.32. The third-order valence-electron chi connectivity index (χ3n) is 4.53. The molecule has 1 aromatic carbocycles. The average molecular weight is 404 g/mol. The summed E-state index contributed by atoms with van der Waals surface area (Å²) in [6, 6.07) is 3.25. The maximum absolute atomic E-state index is 12.5. The van der Waals surface area contributed by atoms with E-state index in [1.54, 1.807) is 0 Å². The molecule has 1 saturated heterocycles. The first-order valence-corrected chi connectivity index (χ1v) is 9.21. The van der Waals surface area contributed by atoms with Gasteiger partial charge in [-0.3, -0.25) is 20.2 Å². The summed E-state index contributed by atoms with van der Waals surface area (Å²) in [5.74, 6) is -1.13. The van der Waals surface area contributed by atoms with Crippen molar-refractivity contribution in [1.82, 2.24) is 10.6 Å². The number of piperidine rings is 1. The quantitative estimate of drug-likeness (QED) is 0.307. The number of anilines is 1. The summed E-state index contributed by atoms with van der Waals surface area (Å²) in [7, 11) is 0. The molecule has 1 fully saturated rings. The summed E-state index contributed by atoms with van der Waals surface area (Å²) in [5, 5.41) is 15.5. The molecule has 2 N–H and O–H groups in total. The fourth-order valence-corrected chi connectivity index (χ4v) is 2.91. The van der Waals surface area contributed by atoms with Crippen LogP contribution in [0.1, 0.15) is 30.1 Å². The lowest BCUT2D eigenvalue weighted by atomic mass is 9.98. The largest absolute Gasteiger partial charge is 0.452 e. The number of hydrogen-bond acceptors (Lipinski definition) is 7. The molecule has 0 atom stereocenters. The van der Waals surface area contributed by atoms with Crippen molar-refractivity contribution in [2.24, 2.45) is 5.92 Å². The molecule has 3 amide bonds. The first-order valence-electron chi connectivity index (χ1n) is 9.21. The van der Waals surface area contributed by atoms with Gasteiger partial charge in [-0.15, -0.1) is 6.58 Å². The lowest BCUT2D eigenvalue weighted by Crippen LogP contribution is -2.41. The number of rotatable bonds is 7. The third-order valence-corrected chi connectivity index (χ3v) is 4.53. The predicted octanol–water partition coefficient (Wildman–Crippen LogP) is 2.00. The van der Waals surface area contributed by atoms with Gasteiger partial charge >= 0.3 is 12.0 Å². The number of nitro benzene ring substituents is 1. The Balaban J connectivity index is 2.09. The molecule has 1 aliphatic heterocycles. The Hall–Kier alpha value is -3.43. The van der Waals surface area contributed by atoms with E-state index < -0.39 is 29.4 Å². The van der Waals surface area contributed by atoms with Gasteiger partial charge in [-0.05, 0) is 24.8 Å². The number of ether oxygens (including phenoxy) is 1. The number of urea groups is 1. The lowest BCUT2D eigenvalue weighted by molar-refractivity contribution is -0.384. The van der Waals surface area contributed by atoms with Gasteiger partial charge in [0.15, 0.2) is 6.61 Å². The molecule has 10 heteroatoms. The summed E-state index contributed by atoms with van der Waals surface area (Å²) < 4.78 is 4.98. The van der Waals surface area contributed by atoms with E-state index in [1.165, 1.54) is 18.2 Å². The van der Waals surface area contributed by atoms with E-state index in [4.69, 9.17) is 4.74 Å². The van der Waals surface area contributed by atoms with Crippen molar-refractivity contribution in [2.75, 3.05) is 31.1 Å². The van der Waals surface area contributed by atoms with Crippen LogP contribution < -0.4 is 15.5 Å². The molecule has 0 saturated carbocycles.